The maximum atomic E-state index is 12.5. The summed E-state index contributed by atoms with van der Waals surface area (Å²) in [6.45, 7) is 0. The molecule has 0 unspecified atom stereocenters. The maximum Gasteiger partial charge on any atom is 0.161 e. The van der Waals surface area contributed by atoms with Crippen molar-refractivity contribution in [3.8, 4) is 0 Å². The molecule has 0 aromatic carbocycles. The average Bonchev–Trinajstić information content (AvgIpc) is 2.57. The number of hydrogen-bond donors (Lipinski definition) is 0. The fraction of sp³-hybridized carbons (Fsp3) is 0.818. The van der Waals surface area contributed by atoms with Crippen molar-refractivity contribution in [3.63, 3.8) is 0 Å². The Bertz CT molecular complexity index is 583. The average molecular weight is 381 g/mol. The Labute approximate surface area is 138 Å². The molecule has 5 saturated carbocycles. The molecule has 0 aliphatic heterocycles. The number of rotatable bonds is 0. The summed E-state index contributed by atoms with van der Waals surface area (Å²) in [4.78, 5) is 19.3. The molecule has 102 valence electrons. The van der Waals surface area contributed by atoms with Crippen molar-refractivity contribution >= 4 is 81.2 Å². The number of carbonyl (C=O) groups is 2. The van der Waals surface area contributed by atoms with Gasteiger partial charge in [0.05, 0.1) is 33.4 Å². The highest BCUT2D eigenvalue weighted by atomic mass is 35.5. The van der Waals surface area contributed by atoms with Gasteiger partial charge in [0.1, 0.15) is 21.3 Å². The fourth-order valence-electron chi connectivity index (χ4n) is 5.65. The number of halogens is 6. The molecule has 8 heteroatoms. The van der Waals surface area contributed by atoms with E-state index < -0.39 is 47.5 Å². The smallest absolute Gasteiger partial charge is 0.161 e. The summed E-state index contributed by atoms with van der Waals surface area (Å²) in [5, 5.41) is 0. The summed E-state index contributed by atoms with van der Waals surface area (Å²) in [5.74, 6) is -3.41. The molecular weight excluding hydrogens is 377 g/mol. The van der Waals surface area contributed by atoms with Gasteiger partial charge in [0.2, 0.25) is 0 Å². The minimum atomic E-state index is -1.72. The fourth-order valence-corrected chi connectivity index (χ4v) is 9.87. The third-order valence-corrected chi connectivity index (χ3v) is 11.3. The topological polar surface area (TPSA) is 34.1 Å². The van der Waals surface area contributed by atoms with Gasteiger partial charge in [-0.15, -0.1) is 46.4 Å². The standard InChI is InChI=1S/C11H4Cl6O2/c12-7-1-2-6(19)4-3(5(1)18)9(7,14)11(16,17)10(4,15)8(2,7)13/h1-4H/t1-,2-,3-,4+,7+,8-,9+,10-/m0/s1. The van der Waals surface area contributed by atoms with Crippen LogP contribution in [0.5, 0.6) is 0 Å². The molecule has 0 spiro atoms. The van der Waals surface area contributed by atoms with E-state index in [1.54, 1.807) is 0 Å². The van der Waals surface area contributed by atoms with Gasteiger partial charge >= 0.3 is 0 Å². The van der Waals surface area contributed by atoms with Crippen molar-refractivity contribution < 1.29 is 9.59 Å². The van der Waals surface area contributed by atoms with Crippen molar-refractivity contribution in [2.24, 2.45) is 23.7 Å². The molecule has 2 nitrogen and oxygen atoms in total. The van der Waals surface area contributed by atoms with Crippen molar-refractivity contribution in [3.05, 3.63) is 0 Å². The molecule has 19 heavy (non-hydrogen) atoms. The molecule has 0 heterocycles. The number of carbonyl (C=O) groups excluding carboxylic acids is 2. The lowest BCUT2D eigenvalue weighted by atomic mass is 9.57. The number of Topliss-reactive ketones (excluding diaryl/α,β-unsaturated/α-hetero) is 2. The lowest BCUT2D eigenvalue weighted by Gasteiger charge is -2.58. The van der Waals surface area contributed by atoms with Crippen LogP contribution in [0.2, 0.25) is 0 Å². The van der Waals surface area contributed by atoms with Gasteiger partial charge in [0.25, 0.3) is 0 Å². The quantitative estimate of drug-likeness (QED) is 0.605. The molecule has 0 aromatic heterocycles. The number of hydrogen-bond acceptors (Lipinski definition) is 2. The van der Waals surface area contributed by atoms with E-state index in [0.717, 1.165) is 0 Å². The molecule has 0 N–H and O–H groups in total. The van der Waals surface area contributed by atoms with Gasteiger partial charge in [-0.25, -0.2) is 0 Å². The van der Waals surface area contributed by atoms with Gasteiger partial charge in [-0.2, -0.15) is 0 Å². The van der Waals surface area contributed by atoms with Crippen LogP contribution >= 0.6 is 69.6 Å². The van der Waals surface area contributed by atoms with E-state index in [0.29, 0.717) is 0 Å². The highest BCUT2D eigenvalue weighted by Crippen LogP contribution is 2.96. The summed E-state index contributed by atoms with van der Waals surface area (Å²) < 4.78 is -1.72. The van der Waals surface area contributed by atoms with Gasteiger partial charge in [0, 0.05) is 0 Å². The molecule has 5 aliphatic carbocycles. The van der Waals surface area contributed by atoms with Crippen molar-refractivity contribution in [2.75, 3.05) is 0 Å². The van der Waals surface area contributed by atoms with Crippen LogP contribution in [-0.4, -0.2) is 35.4 Å². The van der Waals surface area contributed by atoms with E-state index in [4.69, 9.17) is 69.6 Å². The first kappa shape index (κ1) is 12.6. The zero-order valence-corrected chi connectivity index (χ0v) is 13.4. The molecule has 0 amide bonds. The minimum absolute atomic E-state index is 0.165. The van der Waals surface area contributed by atoms with Gasteiger partial charge < -0.3 is 0 Å². The molecule has 0 aromatic rings. The second-order valence-corrected chi connectivity index (χ2v) is 9.85. The van der Waals surface area contributed by atoms with Crippen molar-refractivity contribution in [2.45, 2.75) is 23.8 Å². The Hall–Kier alpha value is 1.08. The number of ketones is 2. The van der Waals surface area contributed by atoms with Gasteiger partial charge in [-0.05, 0) is 0 Å². The normalized spacial score (nSPS) is 73.2. The van der Waals surface area contributed by atoms with E-state index >= 15 is 0 Å². The molecule has 8 atom stereocenters. The number of alkyl halides is 6. The molecular formula is C11H4Cl6O2. The van der Waals surface area contributed by atoms with Crippen molar-refractivity contribution in [1.82, 2.24) is 0 Å². The summed E-state index contributed by atoms with van der Waals surface area (Å²) in [7, 11) is 0. The zero-order chi connectivity index (χ0) is 14.0. The first-order valence-electron chi connectivity index (χ1n) is 5.77. The molecule has 5 fully saturated rings. The largest absolute Gasteiger partial charge is 0.299 e. The molecule has 5 rings (SSSR count). The summed E-state index contributed by atoms with van der Waals surface area (Å²) in [5.41, 5.74) is 0. The van der Waals surface area contributed by atoms with E-state index in [2.05, 4.69) is 0 Å². The monoisotopic (exact) mass is 378 g/mol. The SMILES string of the molecule is O=C1[C@@H]2[C@H]3C(=O)[C@H]4[C@@H]1[C@]1(Cl)C(Cl)(Cl)[C@@]4(Cl)[C@@]3(Cl)[C@]21Cl. The molecule has 0 radical (unpaired) electrons. The van der Waals surface area contributed by atoms with Crippen LogP contribution in [0.1, 0.15) is 0 Å². The molecule has 5 aliphatic rings. The predicted molar refractivity (Wildman–Crippen MR) is 72.7 cm³/mol. The van der Waals surface area contributed by atoms with Crippen LogP contribution in [0.4, 0.5) is 0 Å². The van der Waals surface area contributed by atoms with Gasteiger partial charge in [-0.1, -0.05) is 23.2 Å². The van der Waals surface area contributed by atoms with Crippen LogP contribution in [0, 0.1) is 23.7 Å². The highest BCUT2D eigenvalue weighted by molar-refractivity contribution is 6.68. The van der Waals surface area contributed by atoms with E-state index in [-0.39, 0.29) is 11.6 Å². The lowest BCUT2D eigenvalue weighted by molar-refractivity contribution is -0.143. The predicted octanol–water partition coefficient (Wildman–Crippen LogP) is 2.74. The Balaban J connectivity index is 2.03. The zero-order valence-electron chi connectivity index (χ0n) is 8.89. The van der Waals surface area contributed by atoms with Gasteiger partial charge in [0.15, 0.2) is 4.33 Å². The highest BCUT2D eigenvalue weighted by Gasteiger charge is 3.11. The molecule has 0 saturated heterocycles. The van der Waals surface area contributed by atoms with Crippen LogP contribution in [0.25, 0.3) is 0 Å². The second-order valence-electron chi connectivity index (χ2n) is 6.14. The lowest BCUT2D eigenvalue weighted by Crippen LogP contribution is -2.73. The Kier molecular flexibility index (Phi) is 1.72. The van der Waals surface area contributed by atoms with Crippen molar-refractivity contribution in [1.29, 1.82) is 0 Å². The third-order valence-electron chi connectivity index (χ3n) is 6.11. The summed E-state index contributed by atoms with van der Waals surface area (Å²) >= 11 is 39.4. The van der Waals surface area contributed by atoms with Crippen LogP contribution in [0.15, 0.2) is 0 Å². The summed E-state index contributed by atoms with van der Waals surface area (Å²) in [6.07, 6.45) is 0. The Morgan fingerprint density at radius 1 is 0.579 bits per heavy atom. The first-order chi connectivity index (χ1) is 8.56. The van der Waals surface area contributed by atoms with E-state index in [1.165, 1.54) is 0 Å². The van der Waals surface area contributed by atoms with E-state index in [9.17, 15) is 9.59 Å². The molecule has 2 bridgehead atoms. The number of fused-ring (bicyclic) bond motifs is 2. The van der Waals surface area contributed by atoms with Crippen LogP contribution in [-0.2, 0) is 9.59 Å². The maximum absolute atomic E-state index is 12.5. The third kappa shape index (κ3) is 0.629. The van der Waals surface area contributed by atoms with Crippen LogP contribution < -0.4 is 0 Å². The van der Waals surface area contributed by atoms with Crippen LogP contribution in [0.3, 0.4) is 0 Å². The first-order valence-corrected chi connectivity index (χ1v) is 8.04. The van der Waals surface area contributed by atoms with E-state index in [1.807, 2.05) is 0 Å². The second kappa shape index (κ2) is 2.59. The summed E-state index contributed by atoms with van der Waals surface area (Å²) in [6, 6.07) is 0. The minimum Gasteiger partial charge on any atom is -0.299 e. The Morgan fingerprint density at radius 3 is 1.16 bits per heavy atom. The van der Waals surface area contributed by atoms with Gasteiger partial charge in [-0.3, -0.25) is 9.59 Å². The Morgan fingerprint density at radius 2 is 0.842 bits per heavy atom.